The molecular weight excluding hydrogens is 766 g/mol. The summed E-state index contributed by atoms with van der Waals surface area (Å²) in [4.78, 5) is 61.8. The Hall–Kier alpha value is -4.87. The maximum Gasteiger partial charge on any atom is 0.302 e. The van der Waals surface area contributed by atoms with Crippen LogP contribution < -0.4 is 10.1 Å². The fraction of sp³-hybridized carbons (Fsp3) is 0.558. The lowest BCUT2D eigenvalue weighted by Gasteiger charge is -2.38. The van der Waals surface area contributed by atoms with Crippen molar-refractivity contribution in [3.63, 3.8) is 0 Å². The molecule has 1 aromatic rings. The molecule has 0 saturated carbocycles. The molecule has 5 bridgehead atoms. The monoisotopic (exact) mass is 823 g/mol. The van der Waals surface area contributed by atoms with Gasteiger partial charge in [-0.05, 0) is 19.9 Å². The van der Waals surface area contributed by atoms with Gasteiger partial charge in [0.25, 0.3) is 11.7 Å². The number of morpholine rings is 1. The van der Waals surface area contributed by atoms with Crippen molar-refractivity contribution in [1.29, 1.82) is 0 Å². The standard InChI is InChI=1S/C43H57N3O13/c1-22-11-10-12-23(2)42(53)44-29-21-30(48)32-33(38(29)52)37(51)27(6)40-34(32)41(45-57-20-16-46-14-18-55-19-15-46)43(8,59-40)56-17-13-31(54-9)24(3)39(58-28(7)47)26(5)36(50)25(4)35(22)49/h10-13,17,21-22,24-26,31,35-36,39,49-51H,14-16,18-20H2,1-9H3,(H,44,53)/t22-,24+,25+,26+,31-,35-,36+,39+,43-/m0/s1. The molecule has 16 heteroatoms. The summed E-state index contributed by atoms with van der Waals surface area (Å²) in [5.74, 6) is -7.47. The van der Waals surface area contributed by atoms with E-state index in [4.69, 9.17) is 28.5 Å². The highest BCUT2D eigenvalue weighted by molar-refractivity contribution is 6.31. The predicted molar refractivity (Wildman–Crippen MR) is 215 cm³/mol. The third kappa shape index (κ3) is 9.62. The molecule has 0 unspecified atom stereocenters. The van der Waals surface area contributed by atoms with Crippen molar-refractivity contribution in [2.75, 3.05) is 46.6 Å². The molecular formula is C43H57N3O13. The van der Waals surface area contributed by atoms with E-state index in [0.717, 1.165) is 6.08 Å². The molecule has 4 heterocycles. The number of phenols is 1. The van der Waals surface area contributed by atoms with Gasteiger partial charge in [0.1, 0.15) is 24.2 Å². The number of esters is 1. The van der Waals surface area contributed by atoms with Crippen LogP contribution in [0.15, 0.2) is 53.1 Å². The summed E-state index contributed by atoms with van der Waals surface area (Å²) in [7, 11) is 1.47. The van der Waals surface area contributed by atoms with Crippen molar-refractivity contribution < 1.29 is 63.0 Å². The van der Waals surface area contributed by atoms with Gasteiger partial charge in [-0.2, -0.15) is 0 Å². The highest BCUT2D eigenvalue weighted by atomic mass is 16.7. The lowest BCUT2D eigenvalue weighted by Crippen LogP contribution is -2.46. The number of hydrogen-bond donors (Lipinski definition) is 4. The maximum absolute atomic E-state index is 14.1. The van der Waals surface area contributed by atoms with Crippen LogP contribution in [0.3, 0.4) is 0 Å². The van der Waals surface area contributed by atoms with Gasteiger partial charge in [-0.15, -0.1) is 0 Å². The average Bonchev–Trinajstić information content (AvgIpc) is 3.50. The van der Waals surface area contributed by atoms with Gasteiger partial charge < -0.3 is 49.2 Å². The van der Waals surface area contributed by atoms with Gasteiger partial charge >= 0.3 is 5.97 Å². The number of hydrogen-bond acceptors (Lipinski definition) is 15. The number of oxime groups is 1. The highest BCUT2D eigenvalue weighted by Gasteiger charge is 2.51. The van der Waals surface area contributed by atoms with Crippen LogP contribution in [0.4, 0.5) is 0 Å². The maximum atomic E-state index is 14.1. The summed E-state index contributed by atoms with van der Waals surface area (Å²) < 4.78 is 29.7. The summed E-state index contributed by atoms with van der Waals surface area (Å²) in [5, 5.41) is 41.3. The molecule has 1 fully saturated rings. The normalized spacial score (nSPS) is 31.6. The predicted octanol–water partition coefficient (Wildman–Crippen LogP) is 3.50. The topological polar surface area (TPSA) is 212 Å². The average molecular weight is 824 g/mol. The van der Waals surface area contributed by atoms with Crippen LogP contribution in [0.1, 0.15) is 80.3 Å². The quantitative estimate of drug-likeness (QED) is 0.184. The van der Waals surface area contributed by atoms with Gasteiger partial charge in [-0.25, -0.2) is 0 Å². The number of allylic oxidation sites excluding steroid dienone is 4. The number of benzene rings is 1. The molecule has 0 aromatic heterocycles. The molecule has 1 saturated heterocycles. The van der Waals surface area contributed by atoms with E-state index in [0.29, 0.717) is 32.8 Å². The molecule has 0 spiro atoms. The molecule has 0 radical (unpaired) electrons. The Kier molecular flexibility index (Phi) is 14.6. The minimum atomic E-state index is -1.79. The Labute approximate surface area is 344 Å². The number of phenolic OH excluding ortho intramolecular Hbond substituents is 1. The molecule has 9 atom stereocenters. The molecule has 16 nitrogen and oxygen atoms in total. The van der Waals surface area contributed by atoms with Crippen molar-refractivity contribution >= 4 is 29.2 Å². The third-order valence-electron chi connectivity index (χ3n) is 11.6. The molecule has 59 heavy (non-hydrogen) atoms. The zero-order chi connectivity index (χ0) is 43.3. The minimum absolute atomic E-state index is 0.00106. The number of fused-ring (bicyclic) bond motifs is 14. The number of nitrogens with zero attached hydrogens (tertiary/aromatic N) is 2. The molecule has 1 aliphatic carbocycles. The minimum Gasteiger partial charge on any atom is -0.507 e. The second-order valence-electron chi connectivity index (χ2n) is 15.8. The van der Waals surface area contributed by atoms with E-state index in [2.05, 4.69) is 15.4 Å². The summed E-state index contributed by atoms with van der Waals surface area (Å²) in [6.45, 7) is 16.1. The highest BCUT2D eigenvalue weighted by Crippen LogP contribution is 2.48. The zero-order valence-electron chi connectivity index (χ0n) is 35.1. The van der Waals surface area contributed by atoms with Crippen LogP contribution >= 0.6 is 0 Å². The second-order valence-corrected chi connectivity index (χ2v) is 15.8. The van der Waals surface area contributed by atoms with E-state index in [-0.39, 0.29) is 51.6 Å². The number of aliphatic hydroxyl groups excluding tert-OH is 2. The number of nitrogens with one attached hydrogen (secondary N) is 1. The van der Waals surface area contributed by atoms with Gasteiger partial charge in [-0.3, -0.25) is 24.1 Å². The number of aromatic hydroxyl groups is 1. The van der Waals surface area contributed by atoms with Gasteiger partial charge in [0.15, 0.2) is 11.5 Å². The lowest BCUT2D eigenvalue weighted by molar-refractivity contribution is -0.160. The first kappa shape index (κ1) is 45.2. The Morgan fingerprint density at radius 2 is 1.69 bits per heavy atom. The Morgan fingerprint density at radius 1 is 1.00 bits per heavy atom. The molecule has 4 N–H and O–H groups in total. The molecule has 1 aromatic carbocycles. The van der Waals surface area contributed by atoms with Crippen LogP contribution in [-0.2, 0) is 33.4 Å². The van der Waals surface area contributed by atoms with Crippen molar-refractivity contribution in [3.05, 3.63) is 70.2 Å². The van der Waals surface area contributed by atoms with Gasteiger partial charge in [-0.1, -0.05) is 51.1 Å². The molecule has 5 aliphatic rings. The molecule has 6 rings (SSSR count). The Bertz CT molecular complexity index is 1950. The van der Waals surface area contributed by atoms with Crippen LogP contribution in [0, 0.1) is 30.6 Å². The van der Waals surface area contributed by atoms with Gasteiger partial charge in [0.05, 0.1) is 60.2 Å². The third-order valence-corrected chi connectivity index (χ3v) is 11.6. The first-order chi connectivity index (χ1) is 27.9. The summed E-state index contributed by atoms with van der Waals surface area (Å²) >= 11 is 0. The number of Topliss-reactive ketones (excluding diaryl/α,β-unsaturated/α-hetero) is 1. The Balaban J connectivity index is 1.62. The number of methoxy groups -OCH3 is 1. The first-order valence-corrected chi connectivity index (χ1v) is 19.9. The van der Waals surface area contributed by atoms with E-state index in [9.17, 15) is 34.5 Å². The largest absolute Gasteiger partial charge is 0.507 e. The number of amides is 1. The van der Waals surface area contributed by atoms with E-state index >= 15 is 0 Å². The van der Waals surface area contributed by atoms with Crippen molar-refractivity contribution in [3.8, 4) is 11.5 Å². The summed E-state index contributed by atoms with van der Waals surface area (Å²) in [6, 6.07) is 0. The van der Waals surface area contributed by atoms with Crippen molar-refractivity contribution in [1.82, 2.24) is 10.2 Å². The van der Waals surface area contributed by atoms with Crippen LogP contribution in [0.25, 0.3) is 0 Å². The second kappa shape index (κ2) is 19.0. The number of ether oxygens (including phenoxy) is 5. The van der Waals surface area contributed by atoms with Crippen LogP contribution in [0.2, 0.25) is 0 Å². The van der Waals surface area contributed by atoms with Crippen molar-refractivity contribution in [2.45, 2.75) is 85.6 Å². The number of carbonyl (C=O) groups is 4. The number of ketones is 2. The fourth-order valence-electron chi connectivity index (χ4n) is 7.87. The van der Waals surface area contributed by atoms with E-state index in [1.807, 2.05) is 0 Å². The van der Waals surface area contributed by atoms with Gasteiger partial charge in [0.2, 0.25) is 5.78 Å². The summed E-state index contributed by atoms with van der Waals surface area (Å²) in [6.07, 6.45) is 4.78. The van der Waals surface area contributed by atoms with Crippen LogP contribution in [-0.4, -0.2) is 126 Å². The SMILES string of the molecule is CO[C@H]1C=CO[C@@]2(C)Oc3c(C)c(O)c4c(c3C2=NOCCN2CCOCC2)C(=O)C=C(NC(=O)C(C)=CC=C[C@H](C)[C@H](O)[C@@H](C)[C@@H](O)[C@@H](C)[C@H](OC(C)=O)[C@@H]1C)C4=O. The number of aliphatic hydroxyl groups is 2. The molecule has 4 aliphatic heterocycles. The van der Waals surface area contributed by atoms with Crippen LogP contribution in [0.5, 0.6) is 11.5 Å². The summed E-state index contributed by atoms with van der Waals surface area (Å²) in [5.41, 5.74) is -0.535. The fourth-order valence-corrected chi connectivity index (χ4v) is 7.87. The van der Waals surface area contributed by atoms with Crippen molar-refractivity contribution in [2.24, 2.45) is 28.8 Å². The van der Waals surface area contributed by atoms with Gasteiger partial charge in [0, 0.05) is 81.5 Å². The smallest absolute Gasteiger partial charge is 0.302 e. The molecule has 1 amide bonds. The number of carbonyl (C=O) groups excluding carboxylic acids is 4. The molecule has 322 valence electrons. The number of rotatable bonds is 6. The van der Waals surface area contributed by atoms with E-state index in [1.165, 1.54) is 47.1 Å². The van der Waals surface area contributed by atoms with E-state index in [1.54, 1.807) is 45.9 Å². The first-order valence-electron chi connectivity index (χ1n) is 19.9. The lowest BCUT2D eigenvalue weighted by atomic mass is 9.78. The Morgan fingerprint density at radius 3 is 2.36 bits per heavy atom. The zero-order valence-corrected chi connectivity index (χ0v) is 35.1. The van der Waals surface area contributed by atoms with E-state index < -0.39 is 83.1 Å².